The lowest BCUT2D eigenvalue weighted by molar-refractivity contribution is -0.124. The zero-order chi connectivity index (χ0) is 19.0. The minimum atomic E-state index is -2.56. The summed E-state index contributed by atoms with van der Waals surface area (Å²) in [4.78, 5) is 26.2. The van der Waals surface area contributed by atoms with Crippen LogP contribution in [0.5, 0.6) is 0 Å². The average molecular weight is 373 g/mol. The van der Waals surface area contributed by atoms with E-state index < -0.39 is 5.76 Å². The molecule has 0 saturated heterocycles. The van der Waals surface area contributed by atoms with Gasteiger partial charge in [-0.1, -0.05) is 30.8 Å². The molecule has 1 rings (SSSR count). The average Bonchev–Trinajstić information content (AvgIpc) is 2.46. The van der Waals surface area contributed by atoms with Gasteiger partial charge in [0, 0.05) is 10.4 Å². The lowest BCUT2D eigenvalue weighted by atomic mass is 10.1. The summed E-state index contributed by atoms with van der Waals surface area (Å²) < 4.78 is 25.2. The van der Waals surface area contributed by atoms with Crippen LogP contribution in [-0.2, 0) is 9.59 Å². The molecular weight excluding hydrogens is 348 g/mol. The van der Waals surface area contributed by atoms with Gasteiger partial charge >= 0.3 is 0 Å². The van der Waals surface area contributed by atoms with Crippen molar-refractivity contribution in [2.24, 2.45) is 0 Å². The van der Waals surface area contributed by atoms with Gasteiger partial charge in [-0.2, -0.15) is 8.78 Å². The fourth-order valence-electron chi connectivity index (χ4n) is 2.10. The predicted octanol–water partition coefficient (Wildman–Crippen LogP) is 3.18. The molecule has 0 aliphatic rings. The first kappa shape index (κ1) is 21.4. The van der Waals surface area contributed by atoms with Crippen LogP contribution in [0.2, 0.25) is 0 Å². The number of hydrogen-bond donors (Lipinski definition) is 2. The van der Waals surface area contributed by atoms with E-state index in [0.29, 0.717) is 28.9 Å². The van der Waals surface area contributed by atoms with Gasteiger partial charge in [0.05, 0.1) is 18.8 Å². The van der Waals surface area contributed by atoms with Crippen LogP contribution >= 0.6 is 11.8 Å². The molecule has 140 valence electrons. The van der Waals surface area contributed by atoms with Crippen molar-refractivity contribution >= 4 is 29.3 Å². The van der Waals surface area contributed by atoms with E-state index in [1.807, 2.05) is 27.7 Å². The predicted molar refractivity (Wildman–Crippen MR) is 96.9 cm³/mol. The fraction of sp³-hybridized carbons (Fsp3) is 0.529. The lowest BCUT2D eigenvalue weighted by Gasteiger charge is -2.24. The Morgan fingerprint density at radius 1 is 1.16 bits per heavy atom. The zero-order valence-corrected chi connectivity index (χ0v) is 15.8. The Balaban J connectivity index is 2.64. The summed E-state index contributed by atoms with van der Waals surface area (Å²) in [5.74, 6) is -3.09. The summed E-state index contributed by atoms with van der Waals surface area (Å²) in [6.45, 7) is 8.09. The molecule has 0 aromatic heterocycles. The number of amides is 2. The monoisotopic (exact) mass is 373 g/mol. The number of carbonyl (C=O) groups is 2. The van der Waals surface area contributed by atoms with E-state index in [-0.39, 0.29) is 30.4 Å². The number of likely N-dealkylation sites (N-methyl/N-ethyl adjacent to an activating group) is 1. The van der Waals surface area contributed by atoms with Crippen LogP contribution in [0, 0.1) is 0 Å². The molecule has 5 nitrogen and oxygen atoms in total. The molecule has 0 atom stereocenters. The number of carbonyl (C=O) groups excluding carboxylic acids is 2. The Morgan fingerprint density at radius 3 is 2.32 bits per heavy atom. The normalized spacial score (nSPS) is 11.7. The first-order chi connectivity index (χ1) is 11.6. The lowest BCUT2D eigenvalue weighted by Crippen LogP contribution is -2.47. The van der Waals surface area contributed by atoms with Gasteiger partial charge in [0.2, 0.25) is 11.8 Å². The Labute approximate surface area is 151 Å². The van der Waals surface area contributed by atoms with Crippen molar-refractivity contribution in [1.29, 1.82) is 0 Å². The summed E-state index contributed by atoms with van der Waals surface area (Å²) in [7, 11) is 0. The molecule has 0 radical (unpaired) electrons. The molecule has 0 fully saturated rings. The summed E-state index contributed by atoms with van der Waals surface area (Å²) in [6, 6.07) is 6.40. The Bertz CT molecular complexity index is 592. The first-order valence-electron chi connectivity index (χ1n) is 7.97. The van der Waals surface area contributed by atoms with Gasteiger partial charge in [-0.3, -0.25) is 14.5 Å². The maximum atomic E-state index is 12.6. The number of rotatable bonds is 8. The van der Waals surface area contributed by atoms with Crippen molar-refractivity contribution in [2.45, 2.75) is 43.9 Å². The van der Waals surface area contributed by atoms with Gasteiger partial charge in [-0.25, -0.2) is 0 Å². The molecule has 0 aliphatic carbocycles. The summed E-state index contributed by atoms with van der Waals surface area (Å²) in [5, 5.41) is 5.47. The minimum Gasteiger partial charge on any atom is -0.350 e. The molecule has 25 heavy (non-hydrogen) atoms. The summed E-state index contributed by atoms with van der Waals surface area (Å²) >= 11 is 0.383. The van der Waals surface area contributed by atoms with Gasteiger partial charge < -0.3 is 10.6 Å². The fourth-order valence-corrected chi connectivity index (χ4v) is 2.70. The van der Waals surface area contributed by atoms with Gasteiger partial charge in [0.1, 0.15) is 0 Å². The quantitative estimate of drug-likeness (QED) is 0.687. The topological polar surface area (TPSA) is 61.4 Å². The Kier molecular flexibility index (Phi) is 8.31. The number of para-hydroxylation sites is 1. The third-order valence-electron chi connectivity index (χ3n) is 3.07. The standard InChI is InChI=1S/C17H25F2N3O2S/c1-5-22(11-15(24)21-17(2,3)4)10-14(23)20-12-8-6-7-9-13(12)25-16(18)19/h6-9,16H,5,10-11H2,1-4H3,(H,20,23)(H,21,24). The van der Waals surface area contributed by atoms with Crippen LogP contribution in [-0.4, -0.2) is 47.6 Å². The number of nitrogens with one attached hydrogen (secondary N) is 2. The number of benzene rings is 1. The molecule has 0 bridgehead atoms. The van der Waals surface area contributed by atoms with Crippen LogP contribution in [0.15, 0.2) is 29.2 Å². The van der Waals surface area contributed by atoms with Gasteiger partial charge in [0.15, 0.2) is 0 Å². The van der Waals surface area contributed by atoms with E-state index >= 15 is 0 Å². The third-order valence-corrected chi connectivity index (χ3v) is 3.86. The molecule has 0 aliphatic heterocycles. The number of alkyl halides is 2. The molecule has 2 N–H and O–H groups in total. The molecule has 1 aromatic rings. The van der Waals surface area contributed by atoms with Gasteiger partial charge in [-0.05, 0) is 39.4 Å². The van der Waals surface area contributed by atoms with Crippen molar-refractivity contribution in [3.63, 3.8) is 0 Å². The zero-order valence-electron chi connectivity index (χ0n) is 14.9. The third kappa shape index (κ3) is 8.83. The molecule has 0 saturated carbocycles. The molecule has 1 aromatic carbocycles. The number of hydrogen-bond acceptors (Lipinski definition) is 4. The maximum absolute atomic E-state index is 12.6. The van der Waals surface area contributed by atoms with Gasteiger partial charge in [-0.15, -0.1) is 0 Å². The van der Waals surface area contributed by atoms with E-state index in [1.54, 1.807) is 23.1 Å². The summed E-state index contributed by atoms with van der Waals surface area (Å²) in [5.41, 5.74) is -0.00233. The van der Waals surface area contributed by atoms with Crippen molar-refractivity contribution < 1.29 is 18.4 Å². The molecule has 0 unspecified atom stereocenters. The van der Waals surface area contributed by atoms with Crippen molar-refractivity contribution in [3.05, 3.63) is 24.3 Å². The maximum Gasteiger partial charge on any atom is 0.288 e. The van der Waals surface area contributed by atoms with E-state index in [0.717, 1.165) is 0 Å². The SMILES string of the molecule is CCN(CC(=O)Nc1ccccc1SC(F)F)CC(=O)NC(C)(C)C. The highest BCUT2D eigenvalue weighted by Gasteiger charge is 2.18. The van der Waals surface area contributed by atoms with Crippen molar-refractivity contribution in [1.82, 2.24) is 10.2 Å². The highest BCUT2D eigenvalue weighted by Crippen LogP contribution is 2.31. The molecular formula is C17H25F2N3O2S. The van der Waals surface area contributed by atoms with Crippen LogP contribution < -0.4 is 10.6 Å². The first-order valence-corrected chi connectivity index (χ1v) is 8.85. The smallest absolute Gasteiger partial charge is 0.288 e. The Morgan fingerprint density at radius 2 is 1.76 bits per heavy atom. The summed E-state index contributed by atoms with van der Waals surface area (Å²) in [6.07, 6.45) is 0. The van der Waals surface area contributed by atoms with Crippen molar-refractivity contribution in [2.75, 3.05) is 25.0 Å². The Hall–Kier alpha value is -1.67. The number of nitrogens with zero attached hydrogens (tertiary/aromatic N) is 1. The number of anilines is 1. The van der Waals surface area contributed by atoms with E-state index in [2.05, 4.69) is 10.6 Å². The second-order valence-corrected chi connectivity index (χ2v) is 7.56. The largest absolute Gasteiger partial charge is 0.350 e. The second kappa shape index (κ2) is 9.72. The minimum absolute atomic E-state index is 0.00173. The molecule has 0 heterocycles. The van der Waals surface area contributed by atoms with Gasteiger partial charge in [0.25, 0.3) is 5.76 Å². The van der Waals surface area contributed by atoms with Crippen LogP contribution in [0.4, 0.5) is 14.5 Å². The highest BCUT2D eigenvalue weighted by molar-refractivity contribution is 7.99. The molecule has 2 amide bonds. The van der Waals surface area contributed by atoms with Crippen LogP contribution in [0.3, 0.4) is 0 Å². The second-order valence-electron chi connectivity index (χ2n) is 6.52. The van der Waals surface area contributed by atoms with E-state index in [4.69, 9.17) is 0 Å². The van der Waals surface area contributed by atoms with Crippen LogP contribution in [0.25, 0.3) is 0 Å². The van der Waals surface area contributed by atoms with Crippen molar-refractivity contribution in [3.8, 4) is 0 Å². The van der Waals surface area contributed by atoms with Crippen LogP contribution in [0.1, 0.15) is 27.7 Å². The number of thioether (sulfide) groups is 1. The molecule has 0 spiro atoms. The molecule has 8 heteroatoms. The van der Waals surface area contributed by atoms with E-state index in [9.17, 15) is 18.4 Å². The number of halogens is 2. The highest BCUT2D eigenvalue weighted by atomic mass is 32.2. The van der Waals surface area contributed by atoms with E-state index in [1.165, 1.54) is 6.07 Å².